The van der Waals surface area contributed by atoms with Crippen LogP contribution in [0.25, 0.3) is 22.0 Å². The third-order valence-electron chi connectivity index (χ3n) is 5.42. The number of ether oxygens (including phenoxy) is 1. The van der Waals surface area contributed by atoms with Gasteiger partial charge in [0.2, 0.25) is 11.8 Å². The zero-order chi connectivity index (χ0) is 21.5. The number of nitriles is 1. The van der Waals surface area contributed by atoms with Gasteiger partial charge in [-0.2, -0.15) is 5.26 Å². The van der Waals surface area contributed by atoms with Crippen molar-refractivity contribution >= 4 is 16.5 Å². The Labute approximate surface area is 176 Å². The van der Waals surface area contributed by atoms with Crippen molar-refractivity contribution in [3.8, 4) is 23.2 Å². The second-order valence-electron chi connectivity index (χ2n) is 7.12. The Morgan fingerprint density at radius 2 is 1.84 bits per heavy atom. The van der Waals surface area contributed by atoms with Gasteiger partial charge in [-0.1, -0.05) is 54.6 Å². The molecule has 0 fully saturated rings. The van der Waals surface area contributed by atoms with E-state index in [-0.39, 0.29) is 23.0 Å². The van der Waals surface area contributed by atoms with Crippen molar-refractivity contribution in [3.63, 3.8) is 0 Å². The van der Waals surface area contributed by atoms with Crippen molar-refractivity contribution in [2.75, 3.05) is 0 Å². The molecule has 0 radical (unpaired) electrons. The topological polar surface area (TPSA) is 131 Å². The molecule has 3 aromatic carbocycles. The Bertz CT molecular complexity index is 1430. The first-order valence-electron chi connectivity index (χ1n) is 9.47. The first-order valence-corrected chi connectivity index (χ1v) is 9.47. The summed E-state index contributed by atoms with van der Waals surface area (Å²) in [6.07, 6.45) is 0. The first kappa shape index (κ1) is 18.4. The minimum absolute atomic E-state index is 0.102. The molecule has 0 saturated carbocycles. The molecule has 8 nitrogen and oxygen atoms in total. The molecule has 2 heterocycles. The lowest BCUT2D eigenvalue weighted by atomic mass is 9.82. The van der Waals surface area contributed by atoms with Crippen molar-refractivity contribution in [3.05, 3.63) is 99.4 Å². The normalized spacial score (nSPS) is 15.3. The van der Waals surface area contributed by atoms with Gasteiger partial charge in [0.15, 0.2) is 0 Å². The maximum absolute atomic E-state index is 11.7. The number of rotatable bonds is 3. The number of allylic oxidation sites excluding steroid dienone is 1. The van der Waals surface area contributed by atoms with Gasteiger partial charge >= 0.3 is 0 Å². The van der Waals surface area contributed by atoms with Crippen LogP contribution in [0.5, 0.6) is 5.88 Å². The average molecular weight is 409 g/mol. The molecule has 8 heteroatoms. The number of aromatic amines is 1. The third kappa shape index (κ3) is 2.88. The zero-order valence-electron chi connectivity index (χ0n) is 16.1. The van der Waals surface area contributed by atoms with Gasteiger partial charge in [0, 0.05) is 17.2 Å². The Morgan fingerprint density at radius 1 is 1.10 bits per heavy atom. The number of fused-ring (bicyclic) bond motifs is 2. The van der Waals surface area contributed by atoms with Crippen molar-refractivity contribution in [1.82, 2.24) is 10.2 Å². The predicted octanol–water partition coefficient (Wildman–Crippen LogP) is 4.36. The lowest BCUT2D eigenvalue weighted by molar-refractivity contribution is -0.385. The molecule has 1 aliphatic rings. The van der Waals surface area contributed by atoms with Gasteiger partial charge in [0.1, 0.15) is 11.6 Å². The molecule has 0 spiro atoms. The van der Waals surface area contributed by atoms with E-state index in [4.69, 9.17) is 10.5 Å². The molecule has 1 atom stereocenters. The van der Waals surface area contributed by atoms with E-state index in [1.165, 1.54) is 6.07 Å². The number of nitro groups is 1. The summed E-state index contributed by atoms with van der Waals surface area (Å²) in [5.74, 6) is -0.715. The Hall–Kier alpha value is -4.64. The number of nitrogens with zero attached hydrogens (tertiary/aromatic N) is 3. The van der Waals surface area contributed by atoms with Crippen LogP contribution in [0.3, 0.4) is 0 Å². The maximum atomic E-state index is 11.7. The largest absolute Gasteiger partial charge is 0.420 e. The first-order chi connectivity index (χ1) is 15.1. The van der Waals surface area contributed by atoms with Crippen LogP contribution >= 0.6 is 0 Å². The van der Waals surface area contributed by atoms with E-state index in [2.05, 4.69) is 16.3 Å². The van der Waals surface area contributed by atoms with Gasteiger partial charge in [0.05, 0.1) is 22.1 Å². The van der Waals surface area contributed by atoms with E-state index in [1.54, 1.807) is 18.2 Å². The number of hydrogen-bond acceptors (Lipinski definition) is 6. The number of aromatic nitrogens is 2. The van der Waals surface area contributed by atoms with Crippen LogP contribution in [0.4, 0.5) is 5.69 Å². The molecule has 1 aliphatic heterocycles. The Morgan fingerprint density at radius 3 is 2.61 bits per heavy atom. The molecular weight excluding hydrogens is 394 g/mol. The van der Waals surface area contributed by atoms with Crippen LogP contribution in [0.2, 0.25) is 0 Å². The van der Waals surface area contributed by atoms with Gasteiger partial charge in [-0.3, -0.25) is 15.2 Å². The van der Waals surface area contributed by atoms with Crippen LogP contribution in [-0.4, -0.2) is 15.1 Å². The van der Waals surface area contributed by atoms with Crippen LogP contribution in [0.15, 0.2) is 78.2 Å². The summed E-state index contributed by atoms with van der Waals surface area (Å²) in [6, 6.07) is 22.2. The smallest absolute Gasteiger partial charge is 0.273 e. The number of nitro benzene ring substituents is 1. The van der Waals surface area contributed by atoms with Crippen molar-refractivity contribution in [1.29, 1.82) is 5.26 Å². The molecule has 0 saturated heterocycles. The van der Waals surface area contributed by atoms with E-state index in [0.717, 1.165) is 16.3 Å². The van der Waals surface area contributed by atoms with Crippen LogP contribution < -0.4 is 10.5 Å². The summed E-state index contributed by atoms with van der Waals surface area (Å²) in [5.41, 5.74) is 8.31. The Kier molecular flexibility index (Phi) is 4.15. The zero-order valence-corrected chi connectivity index (χ0v) is 16.1. The SMILES string of the molecule is N#CC1=C(N)Oc2n[nH]c(-c3ccc4ccccc4c3)c2[C@H]1c1ccccc1[N+](=O)[O-]. The second-order valence-corrected chi connectivity index (χ2v) is 7.12. The number of benzene rings is 3. The van der Waals surface area contributed by atoms with Crippen molar-refractivity contribution in [2.45, 2.75) is 5.92 Å². The summed E-state index contributed by atoms with van der Waals surface area (Å²) in [7, 11) is 0. The summed E-state index contributed by atoms with van der Waals surface area (Å²) in [5, 5.41) is 30.9. The number of H-pyrrole nitrogens is 1. The van der Waals surface area contributed by atoms with Gasteiger partial charge in [-0.25, -0.2) is 0 Å². The van der Waals surface area contributed by atoms with E-state index in [9.17, 15) is 15.4 Å². The molecule has 5 rings (SSSR count). The van der Waals surface area contributed by atoms with Gasteiger partial charge in [-0.15, -0.1) is 5.10 Å². The van der Waals surface area contributed by atoms with E-state index < -0.39 is 10.8 Å². The standard InChI is InChI=1S/C23H15N5O3/c24-12-17-19(16-7-3-4-8-18(16)28(29)30)20-21(26-27-23(20)31-22(17)25)15-10-9-13-5-1-2-6-14(13)11-15/h1-11,19H,25H2,(H,26,27)/t19-/m0/s1. The molecule has 0 bridgehead atoms. The molecule has 1 aromatic heterocycles. The van der Waals surface area contributed by atoms with Crippen LogP contribution in [0.1, 0.15) is 17.0 Å². The lowest BCUT2D eigenvalue weighted by Crippen LogP contribution is -2.21. The lowest BCUT2D eigenvalue weighted by Gasteiger charge is -2.24. The number of nitrogens with two attached hydrogens (primary N) is 1. The number of hydrogen-bond donors (Lipinski definition) is 2. The third-order valence-corrected chi connectivity index (χ3v) is 5.42. The summed E-state index contributed by atoms with van der Waals surface area (Å²) in [4.78, 5) is 11.2. The van der Waals surface area contributed by atoms with Gasteiger partial charge < -0.3 is 10.5 Å². The number of nitrogens with one attached hydrogen (secondary N) is 1. The Balaban J connectivity index is 1.77. The summed E-state index contributed by atoms with van der Waals surface area (Å²) in [6.45, 7) is 0. The van der Waals surface area contributed by atoms with E-state index in [1.807, 2.05) is 42.5 Å². The highest BCUT2D eigenvalue weighted by Gasteiger charge is 2.38. The fourth-order valence-corrected chi connectivity index (χ4v) is 4.02. The monoisotopic (exact) mass is 409 g/mol. The predicted molar refractivity (Wildman–Crippen MR) is 114 cm³/mol. The molecular formula is C23H15N5O3. The molecule has 0 unspecified atom stereocenters. The minimum atomic E-state index is -0.796. The van der Waals surface area contributed by atoms with Gasteiger partial charge in [0.25, 0.3) is 5.69 Å². The highest BCUT2D eigenvalue weighted by molar-refractivity contribution is 5.87. The fourth-order valence-electron chi connectivity index (χ4n) is 4.02. The maximum Gasteiger partial charge on any atom is 0.273 e. The molecule has 31 heavy (non-hydrogen) atoms. The molecule has 0 aliphatic carbocycles. The molecule has 4 aromatic rings. The molecule has 150 valence electrons. The van der Waals surface area contributed by atoms with Crippen molar-refractivity contribution < 1.29 is 9.66 Å². The molecule has 0 amide bonds. The molecule has 3 N–H and O–H groups in total. The van der Waals surface area contributed by atoms with E-state index >= 15 is 0 Å². The summed E-state index contributed by atoms with van der Waals surface area (Å²) >= 11 is 0. The van der Waals surface area contributed by atoms with Crippen LogP contribution in [-0.2, 0) is 0 Å². The quantitative estimate of drug-likeness (QED) is 0.382. The second kappa shape index (κ2) is 7.00. The summed E-state index contributed by atoms with van der Waals surface area (Å²) < 4.78 is 5.60. The van der Waals surface area contributed by atoms with Gasteiger partial charge in [-0.05, 0) is 16.8 Å². The fraction of sp³-hybridized carbons (Fsp3) is 0.0435. The average Bonchev–Trinajstić information content (AvgIpc) is 3.21. The highest BCUT2D eigenvalue weighted by Crippen LogP contribution is 2.47. The van der Waals surface area contributed by atoms with Crippen molar-refractivity contribution in [2.24, 2.45) is 5.73 Å². The minimum Gasteiger partial charge on any atom is -0.420 e. The highest BCUT2D eigenvalue weighted by atomic mass is 16.6. The van der Waals surface area contributed by atoms with E-state index in [0.29, 0.717) is 16.8 Å². The number of para-hydroxylation sites is 1. The van der Waals surface area contributed by atoms with Crippen LogP contribution in [0, 0.1) is 21.4 Å².